The Labute approximate surface area is 142 Å². The predicted octanol–water partition coefficient (Wildman–Crippen LogP) is 0.499. The Bertz CT molecular complexity index is 817. The Morgan fingerprint density at radius 2 is 2.04 bits per heavy atom. The SMILES string of the molecule is NC(=O)Cn1cc(NC(=O)C2CC(=O)N(c3ccc(F)cc3)C2)cn1. The van der Waals surface area contributed by atoms with Crippen molar-refractivity contribution in [1.29, 1.82) is 0 Å². The number of hydrogen-bond donors (Lipinski definition) is 2. The van der Waals surface area contributed by atoms with Crippen LogP contribution in [0.4, 0.5) is 15.8 Å². The molecule has 1 saturated heterocycles. The molecule has 1 fully saturated rings. The van der Waals surface area contributed by atoms with Gasteiger partial charge in [-0.2, -0.15) is 5.10 Å². The molecule has 0 bridgehead atoms. The molecule has 0 radical (unpaired) electrons. The average Bonchev–Trinajstić information content (AvgIpc) is 3.14. The molecule has 1 aliphatic rings. The molecule has 2 aromatic rings. The van der Waals surface area contributed by atoms with E-state index in [0.717, 1.165) is 0 Å². The number of carbonyl (C=O) groups excluding carboxylic acids is 3. The molecule has 0 spiro atoms. The Morgan fingerprint density at radius 3 is 2.72 bits per heavy atom. The molecule has 3 amide bonds. The molecule has 2 heterocycles. The molecule has 3 N–H and O–H groups in total. The summed E-state index contributed by atoms with van der Waals surface area (Å²) in [6.45, 7) is 0.127. The minimum Gasteiger partial charge on any atom is -0.368 e. The summed E-state index contributed by atoms with van der Waals surface area (Å²) in [5.74, 6) is -1.99. The smallest absolute Gasteiger partial charge is 0.239 e. The fourth-order valence-corrected chi connectivity index (χ4v) is 2.67. The monoisotopic (exact) mass is 345 g/mol. The summed E-state index contributed by atoms with van der Waals surface area (Å²) in [5, 5.41) is 6.58. The van der Waals surface area contributed by atoms with E-state index >= 15 is 0 Å². The number of carbonyl (C=O) groups is 3. The first-order chi connectivity index (χ1) is 11.9. The van der Waals surface area contributed by atoms with E-state index in [-0.39, 0.29) is 31.3 Å². The van der Waals surface area contributed by atoms with Crippen LogP contribution in [0.5, 0.6) is 0 Å². The van der Waals surface area contributed by atoms with Crippen LogP contribution in [-0.2, 0) is 20.9 Å². The molecular formula is C16H16FN5O3. The highest BCUT2D eigenvalue weighted by Gasteiger charge is 2.35. The predicted molar refractivity (Wildman–Crippen MR) is 86.9 cm³/mol. The van der Waals surface area contributed by atoms with Gasteiger partial charge in [-0.1, -0.05) is 0 Å². The van der Waals surface area contributed by atoms with Crippen LogP contribution < -0.4 is 16.0 Å². The van der Waals surface area contributed by atoms with Gasteiger partial charge < -0.3 is 16.0 Å². The summed E-state index contributed by atoms with van der Waals surface area (Å²) in [4.78, 5) is 36.8. The van der Waals surface area contributed by atoms with Crippen LogP contribution in [0.1, 0.15) is 6.42 Å². The molecule has 1 atom stereocenters. The second-order valence-electron chi connectivity index (χ2n) is 5.76. The van der Waals surface area contributed by atoms with Crippen molar-refractivity contribution in [3.05, 3.63) is 42.5 Å². The molecule has 9 heteroatoms. The molecule has 1 aliphatic heterocycles. The van der Waals surface area contributed by atoms with Gasteiger partial charge in [-0.15, -0.1) is 0 Å². The van der Waals surface area contributed by atoms with Crippen LogP contribution in [0.2, 0.25) is 0 Å². The highest BCUT2D eigenvalue weighted by Crippen LogP contribution is 2.26. The number of rotatable bonds is 5. The van der Waals surface area contributed by atoms with E-state index in [2.05, 4.69) is 10.4 Å². The molecule has 1 unspecified atom stereocenters. The van der Waals surface area contributed by atoms with Crippen LogP contribution in [-0.4, -0.2) is 34.0 Å². The molecule has 1 aromatic heterocycles. The number of amides is 3. The largest absolute Gasteiger partial charge is 0.368 e. The molecule has 1 aromatic carbocycles. The number of hydrogen-bond acceptors (Lipinski definition) is 4. The summed E-state index contributed by atoms with van der Waals surface area (Å²) >= 11 is 0. The lowest BCUT2D eigenvalue weighted by Crippen LogP contribution is -2.28. The van der Waals surface area contributed by atoms with Crippen LogP contribution in [0.15, 0.2) is 36.7 Å². The third kappa shape index (κ3) is 3.82. The number of benzene rings is 1. The zero-order chi connectivity index (χ0) is 18.0. The summed E-state index contributed by atoms with van der Waals surface area (Å²) in [6, 6.07) is 5.54. The Balaban J connectivity index is 1.63. The quantitative estimate of drug-likeness (QED) is 0.822. The van der Waals surface area contributed by atoms with E-state index in [1.807, 2.05) is 0 Å². The maximum atomic E-state index is 13.0. The van der Waals surface area contributed by atoms with E-state index in [1.165, 1.54) is 46.2 Å². The molecule has 0 aliphatic carbocycles. The van der Waals surface area contributed by atoms with Gasteiger partial charge in [0.2, 0.25) is 17.7 Å². The highest BCUT2D eigenvalue weighted by molar-refractivity contribution is 6.03. The summed E-state index contributed by atoms with van der Waals surface area (Å²) in [7, 11) is 0. The number of anilines is 2. The number of nitrogens with zero attached hydrogens (tertiary/aromatic N) is 3. The fraction of sp³-hybridized carbons (Fsp3) is 0.250. The van der Waals surface area contributed by atoms with Gasteiger partial charge in [0.25, 0.3) is 0 Å². The van der Waals surface area contributed by atoms with Gasteiger partial charge in [-0.3, -0.25) is 19.1 Å². The van der Waals surface area contributed by atoms with E-state index in [9.17, 15) is 18.8 Å². The topological polar surface area (TPSA) is 110 Å². The van der Waals surface area contributed by atoms with Crippen molar-refractivity contribution in [2.45, 2.75) is 13.0 Å². The highest BCUT2D eigenvalue weighted by atomic mass is 19.1. The van der Waals surface area contributed by atoms with Gasteiger partial charge >= 0.3 is 0 Å². The minimum atomic E-state index is -0.544. The molecule has 8 nitrogen and oxygen atoms in total. The summed E-state index contributed by atoms with van der Waals surface area (Å²) < 4.78 is 14.3. The van der Waals surface area contributed by atoms with Crippen LogP contribution >= 0.6 is 0 Å². The van der Waals surface area contributed by atoms with Crippen molar-refractivity contribution in [3.63, 3.8) is 0 Å². The van der Waals surface area contributed by atoms with E-state index < -0.39 is 17.6 Å². The maximum Gasteiger partial charge on any atom is 0.239 e. The van der Waals surface area contributed by atoms with Gasteiger partial charge in [-0.05, 0) is 24.3 Å². The van der Waals surface area contributed by atoms with Crippen molar-refractivity contribution < 1.29 is 18.8 Å². The van der Waals surface area contributed by atoms with Crippen molar-refractivity contribution >= 4 is 29.1 Å². The lowest BCUT2D eigenvalue weighted by molar-refractivity contribution is -0.122. The average molecular weight is 345 g/mol. The van der Waals surface area contributed by atoms with Crippen LogP contribution in [0.25, 0.3) is 0 Å². The molecule has 25 heavy (non-hydrogen) atoms. The van der Waals surface area contributed by atoms with Crippen molar-refractivity contribution in [3.8, 4) is 0 Å². The Morgan fingerprint density at radius 1 is 1.32 bits per heavy atom. The first-order valence-corrected chi connectivity index (χ1v) is 7.60. The third-order valence-electron chi connectivity index (χ3n) is 3.85. The molecular weight excluding hydrogens is 329 g/mol. The van der Waals surface area contributed by atoms with Crippen LogP contribution in [0, 0.1) is 11.7 Å². The standard InChI is InChI=1S/C16H16FN5O3/c17-11-1-3-13(4-2-11)22-7-10(5-15(22)24)16(25)20-12-6-19-21(8-12)9-14(18)23/h1-4,6,8,10H,5,7,9H2,(H2,18,23)(H,20,25). The lowest BCUT2D eigenvalue weighted by atomic mass is 10.1. The second kappa shape index (κ2) is 6.71. The van der Waals surface area contributed by atoms with Gasteiger partial charge in [0.15, 0.2) is 0 Å². The number of nitrogens with one attached hydrogen (secondary N) is 1. The van der Waals surface area contributed by atoms with Crippen molar-refractivity contribution in [1.82, 2.24) is 9.78 Å². The Kier molecular flexibility index (Phi) is 4.46. The minimum absolute atomic E-state index is 0.0681. The van der Waals surface area contributed by atoms with Gasteiger partial charge in [0.1, 0.15) is 12.4 Å². The number of nitrogens with two attached hydrogens (primary N) is 1. The first kappa shape index (κ1) is 16.6. The van der Waals surface area contributed by atoms with E-state index in [0.29, 0.717) is 11.4 Å². The number of aromatic nitrogens is 2. The van der Waals surface area contributed by atoms with Crippen molar-refractivity contribution in [2.24, 2.45) is 11.7 Å². The lowest BCUT2D eigenvalue weighted by Gasteiger charge is -2.16. The summed E-state index contributed by atoms with van der Waals surface area (Å²) in [6.07, 6.45) is 2.95. The number of halogens is 1. The van der Waals surface area contributed by atoms with Gasteiger partial charge in [-0.25, -0.2) is 4.39 Å². The fourth-order valence-electron chi connectivity index (χ4n) is 2.67. The normalized spacial score (nSPS) is 16.9. The Hall–Kier alpha value is -3.23. The van der Waals surface area contributed by atoms with E-state index in [4.69, 9.17) is 5.73 Å². The number of primary amides is 1. The maximum absolute atomic E-state index is 13.0. The molecule has 130 valence electrons. The zero-order valence-corrected chi connectivity index (χ0v) is 13.2. The third-order valence-corrected chi connectivity index (χ3v) is 3.85. The van der Waals surface area contributed by atoms with E-state index in [1.54, 1.807) is 0 Å². The second-order valence-corrected chi connectivity index (χ2v) is 5.76. The molecule has 0 saturated carbocycles. The van der Waals surface area contributed by atoms with Crippen LogP contribution in [0.3, 0.4) is 0 Å². The molecule has 3 rings (SSSR count). The van der Waals surface area contributed by atoms with Gasteiger partial charge in [0, 0.05) is 24.8 Å². The first-order valence-electron chi connectivity index (χ1n) is 7.60. The van der Waals surface area contributed by atoms with Gasteiger partial charge in [0.05, 0.1) is 17.8 Å². The summed E-state index contributed by atoms with van der Waals surface area (Å²) in [5.41, 5.74) is 6.04. The zero-order valence-electron chi connectivity index (χ0n) is 13.2. The van der Waals surface area contributed by atoms with Crippen molar-refractivity contribution in [2.75, 3.05) is 16.8 Å².